The Balaban J connectivity index is 1.45. The number of carbonyl (C=O) groups is 1. The molecule has 0 aliphatic rings. The highest BCUT2D eigenvalue weighted by molar-refractivity contribution is 6.09. The molecule has 0 saturated heterocycles. The number of ether oxygens (including phenoxy) is 3. The molecule has 0 atom stereocenters. The van der Waals surface area contributed by atoms with E-state index in [1.807, 2.05) is 36.4 Å². The number of halogens is 1. The molecule has 4 aromatic carbocycles. The molecule has 0 aromatic heterocycles. The van der Waals surface area contributed by atoms with Crippen molar-refractivity contribution in [3.63, 3.8) is 0 Å². The molecule has 0 aliphatic carbocycles. The van der Waals surface area contributed by atoms with E-state index in [0.29, 0.717) is 40.7 Å². The Morgan fingerprint density at radius 1 is 0.895 bits per heavy atom. The van der Waals surface area contributed by atoms with Crippen LogP contribution >= 0.6 is 0 Å². The van der Waals surface area contributed by atoms with Crippen LogP contribution in [0.4, 0.5) is 10.1 Å². The molecule has 6 nitrogen and oxygen atoms in total. The summed E-state index contributed by atoms with van der Waals surface area (Å²) in [6, 6.07) is 29.9. The van der Waals surface area contributed by atoms with Crippen LogP contribution in [0, 0.1) is 17.1 Å². The first-order valence-corrected chi connectivity index (χ1v) is 11.8. The van der Waals surface area contributed by atoms with E-state index in [0.717, 1.165) is 5.56 Å². The third-order valence-corrected chi connectivity index (χ3v) is 5.59. The van der Waals surface area contributed by atoms with E-state index >= 15 is 0 Å². The summed E-state index contributed by atoms with van der Waals surface area (Å²) in [5.41, 5.74) is 2.27. The summed E-state index contributed by atoms with van der Waals surface area (Å²) >= 11 is 0. The van der Waals surface area contributed by atoms with Crippen LogP contribution in [0.2, 0.25) is 0 Å². The summed E-state index contributed by atoms with van der Waals surface area (Å²) < 4.78 is 30.9. The second kappa shape index (κ2) is 12.7. The lowest BCUT2D eigenvalue weighted by Crippen LogP contribution is -2.13. The van der Waals surface area contributed by atoms with Gasteiger partial charge in [-0.25, -0.2) is 4.39 Å². The molecule has 0 saturated carbocycles. The van der Waals surface area contributed by atoms with Gasteiger partial charge in [0.05, 0.1) is 7.11 Å². The van der Waals surface area contributed by atoms with Gasteiger partial charge in [-0.15, -0.1) is 0 Å². The summed E-state index contributed by atoms with van der Waals surface area (Å²) in [7, 11) is 1.51. The Labute approximate surface area is 220 Å². The molecule has 0 fully saturated rings. The lowest BCUT2D eigenvalue weighted by atomic mass is 10.1. The average Bonchev–Trinajstić information content (AvgIpc) is 2.96. The Kier molecular flexibility index (Phi) is 8.72. The smallest absolute Gasteiger partial charge is 0.266 e. The average molecular weight is 509 g/mol. The third kappa shape index (κ3) is 6.99. The first-order valence-electron chi connectivity index (χ1n) is 11.8. The van der Waals surface area contributed by atoms with Gasteiger partial charge in [0.25, 0.3) is 5.91 Å². The highest BCUT2D eigenvalue weighted by Crippen LogP contribution is 2.28. The molecule has 0 aliphatic heterocycles. The summed E-state index contributed by atoms with van der Waals surface area (Å²) in [6.07, 6.45) is 1.42. The van der Waals surface area contributed by atoms with Gasteiger partial charge in [-0.05, 0) is 54.1 Å². The fraction of sp³-hybridized carbons (Fsp3) is 0.0968. The minimum atomic E-state index is -0.582. The van der Waals surface area contributed by atoms with Gasteiger partial charge < -0.3 is 19.5 Å². The Morgan fingerprint density at radius 2 is 1.61 bits per heavy atom. The van der Waals surface area contributed by atoms with Gasteiger partial charge in [-0.3, -0.25) is 4.79 Å². The van der Waals surface area contributed by atoms with Gasteiger partial charge in [0.15, 0.2) is 0 Å². The van der Waals surface area contributed by atoms with Gasteiger partial charge in [0.1, 0.15) is 47.9 Å². The van der Waals surface area contributed by atoms with Crippen LogP contribution in [-0.4, -0.2) is 13.0 Å². The zero-order chi connectivity index (χ0) is 26.7. The number of amides is 1. The Bertz CT molecular complexity index is 1460. The number of hydrogen-bond acceptors (Lipinski definition) is 5. The molecule has 190 valence electrons. The van der Waals surface area contributed by atoms with Crippen molar-refractivity contribution < 1.29 is 23.4 Å². The Morgan fingerprint density at radius 3 is 2.32 bits per heavy atom. The van der Waals surface area contributed by atoms with Crippen molar-refractivity contribution in [2.75, 3.05) is 12.4 Å². The molecular weight excluding hydrogens is 483 g/mol. The normalized spacial score (nSPS) is 10.8. The minimum Gasteiger partial charge on any atom is -0.497 e. The summed E-state index contributed by atoms with van der Waals surface area (Å²) in [5, 5.41) is 12.4. The summed E-state index contributed by atoms with van der Waals surface area (Å²) in [5.74, 6) is 0.538. The van der Waals surface area contributed by atoms with Crippen molar-refractivity contribution in [2.45, 2.75) is 13.2 Å². The molecule has 1 amide bonds. The number of nitrogens with zero attached hydrogens (tertiary/aromatic N) is 1. The molecule has 7 heteroatoms. The molecule has 1 N–H and O–H groups in total. The van der Waals surface area contributed by atoms with Crippen LogP contribution < -0.4 is 19.5 Å². The number of nitriles is 1. The fourth-order valence-electron chi connectivity index (χ4n) is 3.53. The van der Waals surface area contributed by atoms with Crippen molar-refractivity contribution in [3.8, 4) is 23.3 Å². The van der Waals surface area contributed by atoms with Crippen molar-refractivity contribution in [1.82, 2.24) is 0 Å². The number of hydrogen-bond donors (Lipinski definition) is 1. The molecule has 38 heavy (non-hydrogen) atoms. The SMILES string of the molecule is COc1ccc(/C=C(\C#N)C(=O)Nc2ccc(OCc3ccccc3)cc2)c(OCc2ccccc2F)c1. The molecular formula is C31H25FN2O4. The van der Waals surface area contributed by atoms with E-state index < -0.39 is 5.91 Å². The third-order valence-electron chi connectivity index (χ3n) is 5.59. The maximum atomic E-state index is 14.0. The van der Waals surface area contributed by atoms with Crippen molar-refractivity contribution >= 4 is 17.7 Å². The second-order valence-corrected chi connectivity index (χ2v) is 8.21. The standard InChI is InChI=1S/C31H25FN2O4/c1-36-28-14-11-23(30(18-28)38-21-24-9-5-6-10-29(24)32)17-25(19-33)31(35)34-26-12-15-27(16-13-26)37-20-22-7-3-2-4-8-22/h2-18H,20-21H2,1H3,(H,34,35)/b25-17+. The number of methoxy groups -OCH3 is 1. The molecule has 4 aromatic rings. The van der Waals surface area contributed by atoms with Crippen molar-refractivity contribution in [2.24, 2.45) is 0 Å². The lowest BCUT2D eigenvalue weighted by Gasteiger charge is -2.12. The second-order valence-electron chi connectivity index (χ2n) is 8.21. The quantitative estimate of drug-likeness (QED) is 0.194. The number of carbonyl (C=O) groups excluding carboxylic acids is 1. The van der Waals surface area contributed by atoms with E-state index in [1.54, 1.807) is 60.7 Å². The highest BCUT2D eigenvalue weighted by atomic mass is 19.1. The largest absolute Gasteiger partial charge is 0.497 e. The van der Waals surface area contributed by atoms with E-state index in [2.05, 4.69) is 5.32 Å². The zero-order valence-corrected chi connectivity index (χ0v) is 20.7. The monoisotopic (exact) mass is 508 g/mol. The van der Waals surface area contributed by atoms with E-state index in [9.17, 15) is 14.4 Å². The van der Waals surface area contributed by atoms with Crippen molar-refractivity contribution in [3.05, 3.63) is 125 Å². The van der Waals surface area contributed by atoms with Crippen LogP contribution in [0.1, 0.15) is 16.7 Å². The first-order chi connectivity index (χ1) is 18.6. The molecule has 0 spiro atoms. The minimum absolute atomic E-state index is 0.0343. The van der Waals surface area contributed by atoms with Crippen LogP contribution in [0.15, 0.2) is 103 Å². The van der Waals surface area contributed by atoms with E-state index in [4.69, 9.17) is 14.2 Å². The predicted octanol–water partition coefficient (Wildman–Crippen LogP) is 6.54. The lowest BCUT2D eigenvalue weighted by molar-refractivity contribution is -0.112. The number of benzene rings is 4. The highest BCUT2D eigenvalue weighted by Gasteiger charge is 2.13. The molecule has 0 bridgehead atoms. The van der Waals surface area contributed by atoms with E-state index in [-0.39, 0.29) is 18.0 Å². The van der Waals surface area contributed by atoms with Crippen LogP contribution in [0.3, 0.4) is 0 Å². The topological polar surface area (TPSA) is 80.6 Å². The maximum Gasteiger partial charge on any atom is 0.266 e. The fourth-order valence-corrected chi connectivity index (χ4v) is 3.53. The van der Waals surface area contributed by atoms with Gasteiger partial charge in [-0.1, -0.05) is 48.5 Å². The van der Waals surface area contributed by atoms with Gasteiger partial charge >= 0.3 is 0 Å². The first kappa shape index (κ1) is 26.0. The Hall–Kier alpha value is -5.09. The van der Waals surface area contributed by atoms with E-state index in [1.165, 1.54) is 19.3 Å². The van der Waals surface area contributed by atoms with Gasteiger partial charge in [0.2, 0.25) is 0 Å². The number of anilines is 1. The van der Waals surface area contributed by atoms with Crippen molar-refractivity contribution in [1.29, 1.82) is 5.26 Å². The molecule has 0 heterocycles. The molecule has 0 radical (unpaired) electrons. The van der Waals surface area contributed by atoms with Crippen LogP contribution in [0.5, 0.6) is 17.2 Å². The summed E-state index contributed by atoms with van der Waals surface area (Å²) in [6.45, 7) is 0.393. The predicted molar refractivity (Wildman–Crippen MR) is 143 cm³/mol. The van der Waals surface area contributed by atoms with Crippen LogP contribution in [0.25, 0.3) is 6.08 Å². The molecule has 4 rings (SSSR count). The maximum absolute atomic E-state index is 14.0. The molecule has 0 unspecified atom stereocenters. The van der Waals surface area contributed by atoms with Gasteiger partial charge in [-0.2, -0.15) is 5.26 Å². The number of nitrogens with one attached hydrogen (secondary N) is 1. The summed E-state index contributed by atoms with van der Waals surface area (Å²) in [4.78, 5) is 12.9. The van der Waals surface area contributed by atoms with Crippen LogP contribution in [-0.2, 0) is 18.0 Å². The van der Waals surface area contributed by atoms with Gasteiger partial charge in [0, 0.05) is 22.9 Å². The zero-order valence-electron chi connectivity index (χ0n) is 20.7. The number of rotatable bonds is 10.